The molecule has 1 rings (SSSR count). The van der Waals surface area contributed by atoms with Crippen molar-refractivity contribution in [3.8, 4) is 0 Å². The topological polar surface area (TPSA) is 40.7 Å². The molecule has 0 fully saturated rings. The van der Waals surface area contributed by atoms with E-state index in [2.05, 4.69) is 42.4 Å². The van der Waals surface area contributed by atoms with E-state index >= 15 is 0 Å². The lowest BCUT2D eigenvalue weighted by Gasteiger charge is -2.20. The summed E-state index contributed by atoms with van der Waals surface area (Å²) in [5.41, 5.74) is 2.29. The molecule has 0 bridgehead atoms. The molecule has 86 valence electrons. The average molecular weight is 209 g/mol. The van der Waals surface area contributed by atoms with Crippen molar-refractivity contribution in [3.63, 3.8) is 0 Å². The Balaban J connectivity index is 2.38. The van der Waals surface area contributed by atoms with Gasteiger partial charge in [-0.15, -0.1) is 0 Å². The highest BCUT2D eigenvalue weighted by molar-refractivity contribution is 5.07. The molecule has 0 aliphatic carbocycles. The lowest BCUT2D eigenvalue weighted by molar-refractivity contribution is 0.420. The van der Waals surface area contributed by atoms with Gasteiger partial charge in [-0.1, -0.05) is 13.8 Å². The second-order valence-corrected chi connectivity index (χ2v) is 4.33. The average Bonchev–Trinajstić information content (AvgIpc) is 2.60. The van der Waals surface area contributed by atoms with Gasteiger partial charge in [0.2, 0.25) is 0 Å². The molecule has 0 saturated carbocycles. The summed E-state index contributed by atoms with van der Waals surface area (Å²) in [6, 6.07) is 3.25. The zero-order chi connectivity index (χ0) is 11.3. The second-order valence-electron chi connectivity index (χ2n) is 4.33. The molecule has 15 heavy (non-hydrogen) atoms. The van der Waals surface area contributed by atoms with Gasteiger partial charge < -0.3 is 5.32 Å². The zero-order valence-electron chi connectivity index (χ0n) is 10.3. The molecule has 0 aliphatic heterocycles. The van der Waals surface area contributed by atoms with Gasteiger partial charge in [0.25, 0.3) is 0 Å². The van der Waals surface area contributed by atoms with Crippen molar-refractivity contribution in [2.45, 2.75) is 59.0 Å². The molecule has 0 aromatic carbocycles. The van der Waals surface area contributed by atoms with Gasteiger partial charge in [-0.2, -0.15) is 5.10 Å². The Bertz CT molecular complexity index is 276. The first kappa shape index (κ1) is 12.2. The fourth-order valence-electron chi connectivity index (χ4n) is 1.88. The summed E-state index contributed by atoms with van der Waals surface area (Å²) < 4.78 is 0. The van der Waals surface area contributed by atoms with Crippen LogP contribution in [0.25, 0.3) is 0 Å². The summed E-state index contributed by atoms with van der Waals surface area (Å²) in [5, 5.41) is 10.8. The maximum absolute atomic E-state index is 4.25. The Morgan fingerprint density at radius 1 is 1.40 bits per heavy atom. The highest BCUT2D eigenvalue weighted by Crippen LogP contribution is 2.04. The quantitative estimate of drug-likeness (QED) is 0.755. The van der Waals surface area contributed by atoms with Crippen LogP contribution in [0, 0.1) is 6.92 Å². The van der Waals surface area contributed by atoms with E-state index < -0.39 is 0 Å². The van der Waals surface area contributed by atoms with Crippen LogP contribution < -0.4 is 5.32 Å². The predicted molar refractivity (Wildman–Crippen MR) is 64.0 cm³/mol. The number of aryl methyl sites for hydroxylation is 1. The number of hydrogen-bond donors (Lipinski definition) is 2. The Labute approximate surface area is 92.7 Å². The first-order valence-electron chi connectivity index (χ1n) is 5.92. The fourth-order valence-corrected chi connectivity index (χ4v) is 1.88. The SMILES string of the molecule is CCC(CC)N[C@@H](C)Cc1cc(C)[nH]n1. The summed E-state index contributed by atoms with van der Waals surface area (Å²) in [4.78, 5) is 0. The number of aromatic amines is 1. The van der Waals surface area contributed by atoms with E-state index in [-0.39, 0.29) is 0 Å². The first-order valence-corrected chi connectivity index (χ1v) is 5.92. The van der Waals surface area contributed by atoms with E-state index in [0.29, 0.717) is 12.1 Å². The third-order valence-electron chi connectivity index (χ3n) is 2.78. The standard InChI is InChI=1S/C12H23N3/c1-5-11(6-2)13-9(3)7-12-8-10(4)14-15-12/h8-9,11,13H,5-7H2,1-4H3,(H,14,15)/t9-/m0/s1. The number of nitrogens with one attached hydrogen (secondary N) is 2. The molecule has 0 saturated heterocycles. The molecule has 3 nitrogen and oxygen atoms in total. The smallest absolute Gasteiger partial charge is 0.0640 e. The van der Waals surface area contributed by atoms with Crippen LogP contribution in [0.2, 0.25) is 0 Å². The Morgan fingerprint density at radius 2 is 2.07 bits per heavy atom. The highest BCUT2D eigenvalue weighted by Gasteiger charge is 2.10. The van der Waals surface area contributed by atoms with Gasteiger partial charge in [-0.3, -0.25) is 5.10 Å². The second kappa shape index (κ2) is 5.91. The van der Waals surface area contributed by atoms with Crippen LogP contribution in [0.1, 0.15) is 45.0 Å². The molecule has 0 amide bonds. The lowest BCUT2D eigenvalue weighted by Crippen LogP contribution is -2.37. The molecule has 2 N–H and O–H groups in total. The molecule has 1 aromatic heterocycles. The molecule has 0 unspecified atom stereocenters. The number of aromatic nitrogens is 2. The highest BCUT2D eigenvalue weighted by atomic mass is 15.1. The number of rotatable bonds is 6. The zero-order valence-corrected chi connectivity index (χ0v) is 10.3. The number of hydrogen-bond acceptors (Lipinski definition) is 2. The Morgan fingerprint density at radius 3 is 2.53 bits per heavy atom. The van der Waals surface area contributed by atoms with E-state index in [4.69, 9.17) is 0 Å². The van der Waals surface area contributed by atoms with E-state index in [1.165, 1.54) is 12.8 Å². The monoisotopic (exact) mass is 209 g/mol. The largest absolute Gasteiger partial charge is 0.311 e. The summed E-state index contributed by atoms with van der Waals surface area (Å²) in [6.45, 7) is 8.72. The predicted octanol–water partition coefficient (Wildman–Crippen LogP) is 2.43. The minimum atomic E-state index is 0.498. The van der Waals surface area contributed by atoms with Crippen LogP contribution in [0.5, 0.6) is 0 Å². The molecule has 1 aromatic rings. The van der Waals surface area contributed by atoms with Gasteiger partial charge in [0.05, 0.1) is 5.69 Å². The van der Waals surface area contributed by atoms with Crippen molar-refractivity contribution in [1.29, 1.82) is 0 Å². The van der Waals surface area contributed by atoms with Gasteiger partial charge in [0, 0.05) is 24.2 Å². The van der Waals surface area contributed by atoms with E-state index in [1.807, 2.05) is 6.92 Å². The van der Waals surface area contributed by atoms with Gasteiger partial charge >= 0.3 is 0 Å². The molecule has 0 spiro atoms. The summed E-state index contributed by atoms with van der Waals surface area (Å²) in [6.07, 6.45) is 3.39. The van der Waals surface area contributed by atoms with E-state index in [0.717, 1.165) is 17.8 Å². The Hall–Kier alpha value is -0.830. The van der Waals surface area contributed by atoms with E-state index in [9.17, 15) is 0 Å². The number of nitrogens with zero attached hydrogens (tertiary/aromatic N) is 1. The van der Waals surface area contributed by atoms with Gasteiger partial charge in [-0.25, -0.2) is 0 Å². The molecule has 1 atom stereocenters. The summed E-state index contributed by atoms with van der Waals surface area (Å²) in [5.74, 6) is 0. The molecule has 1 heterocycles. The number of H-pyrrole nitrogens is 1. The van der Waals surface area contributed by atoms with Crippen LogP contribution in [0.4, 0.5) is 0 Å². The van der Waals surface area contributed by atoms with Crippen molar-refractivity contribution in [2.75, 3.05) is 0 Å². The van der Waals surface area contributed by atoms with Crippen LogP contribution >= 0.6 is 0 Å². The third-order valence-corrected chi connectivity index (χ3v) is 2.78. The van der Waals surface area contributed by atoms with Gasteiger partial charge in [-0.05, 0) is 32.8 Å². The maximum Gasteiger partial charge on any atom is 0.0640 e. The van der Waals surface area contributed by atoms with Crippen LogP contribution in [0.15, 0.2) is 6.07 Å². The summed E-state index contributed by atoms with van der Waals surface area (Å²) in [7, 11) is 0. The summed E-state index contributed by atoms with van der Waals surface area (Å²) >= 11 is 0. The molecular weight excluding hydrogens is 186 g/mol. The molecule has 3 heteroatoms. The van der Waals surface area contributed by atoms with E-state index in [1.54, 1.807) is 0 Å². The van der Waals surface area contributed by atoms with Gasteiger partial charge in [0.1, 0.15) is 0 Å². The van der Waals surface area contributed by atoms with Crippen molar-refractivity contribution in [2.24, 2.45) is 0 Å². The third kappa shape index (κ3) is 4.04. The van der Waals surface area contributed by atoms with Crippen LogP contribution in [0.3, 0.4) is 0 Å². The van der Waals surface area contributed by atoms with Crippen LogP contribution in [-0.2, 0) is 6.42 Å². The van der Waals surface area contributed by atoms with Gasteiger partial charge in [0.15, 0.2) is 0 Å². The first-order chi connectivity index (χ1) is 7.15. The van der Waals surface area contributed by atoms with Crippen molar-refractivity contribution >= 4 is 0 Å². The Kier molecular flexibility index (Phi) is 4.82. The van der Waals surface area contributed by atoms with Crippen LogP contribution in [-0.4, -0.2) is 22.3 Å². The lowest BCUT2D eigenvalue weighted by atomic mass is 10.1. The minimum Gasteiger partial charge on any atom is -0.311 e. The van der Waals surface area contributed by atoms with Crippen molar-refractivity contribution < 1.29 is 0 Å². The maximum atomic E-state index is 4.25. The molecular formula is C12H23N3. The molecule has 0 radical (unpaired) electrons. The molecule has 0 aliphatic rings. The fraction of sp³-hybridized carbons (Fsp3) is 0.750. The van der Waals surface area contributed by atoms with Crippen molar-refractivity contribution in [1.82, 2.24) is 15.5 Å². The minimum absolute atomic E-state index is 0.498. The normalized spacial score (nSPS) is 13.4. The van der Waals surface area contributed by atoms with Crippen molar-refractivity contribution in [3.05, 3.63) is 17.5 Å².